The number of halogens is 2. The van der Waals surface area contributed by atoms with E-state index in [4.69, 9.17) is 11.6 Å². The van der Waals surface area contributed by atoms with Crippen LogP contribution in [0.3, 0.4) is 0 Å². The van der Waals surface area contributed by atoms with E-state index in [0.29, 0.717) is 11.8 Å². The minimum absolute atomic E-state index is 0.485. The number of hydrogen-bond donors (Lipinski definition) is 0. The van der Waals surface area contributed by atoms with Crippen molar-refractivity contribution < 1.29 is 0 Å². The lowest BCUT2D eigenvalue weighted by Crippen LogP contribution is -2.09. The third kappa shape index (κ3) is 4.09. The van der Waals surface area contributed by atoms with Crippen LogP contribution in [0.2, 0.25) is 0 Å². The van der Waals surface area contributed by atoms with Gasteiger partial charge in [-0.25, -0.2) is 0 Å². The Bertz CT molecular complexity index is 441. The highest BCUT2D eigenvalue weighted by Gasteiger charge is 2.10. The summed E-state index contributed by atoms with van der Waals surface area (Å²) in [4.78, 5) is 5.41. The van der Waals surface area contributed by atoms with Gasteiger partial charge in [-0.3, -0.25) is 4.98 Å². The molecule has 0 amide bonds. The van der Waals surface area contributed by atoms with Gasteiger partial charge in [0.2, 0.25) is 0 Å². The fourth-order valence-corrected chi connectivity index (χ4v) is 2.96. The van der Waals surface area contributed by atoms with Crippen LogP contribution in [0.25, 0.3) is 0 Å². The molecule has 0 saturated carbocycles. The molecule has 4 heteroatoms. The van der Waals surface area contributed by atoms with Gasteiger partial charge in [0, 0.05) is 21.4 Å². The maximum atomic E-state index is 6.04. The fraction of sp³-hybridized carbons (Fsp3) is 0.308. The molecule has 0 bridgehead atoms. The minimum Gasteiger partial charge on any atom is -0.253 e. The summed E-state index contributed by atoms with van der Waals surface area (Å²) in [7, 11) is 0. The van der Waals surface area contributed by atoms with Crippen molar-refractivity contribution >= 4 is 38.9 Å². The Balaban J connectivity index is 1.97. The van der Waals surface area contributed by atoms with Crippen molar-refractivity contribution in [3.05, 3.63) is 50.9 Å². The molecule has 1 atom stereocenters. The molecule has 1 aromatic heterocycles. The fourth-order valence-electron chi connectivity index (χ4n) is 1.76. The standard InChI is InChI=1S/C13H13BrClNS/c14-12-3-1-10(2-4-12)5-11(7-15)6-13-8-16-9-17-13/h1-4,8-9,11H,5-7H2. The van der Waals surface area contributed by atoms with Crippen molar-refractivity contribution in [2.75, 3.05) is 5.88 Å². The predicted molar refractivity (Wildman–Crippen MR) is 77.9 cm³/mol. The maximum Gasteiger partial charge on any atom is 0.0794 e. The average Bonchev–Trinajstić information content (AvgIpc) is 2.84. The van der Waals surface area contributed by atoms with Crippen LogP contribution in [0, 0.1) is 5.92 Å². The monoisotopic (exact) mass is 329 g/mol. The van der Waals surface area contributed by atoms with Crippen LogP contribution >= 0.6 is 38.9 Å². The Labute approximate surface area is 119 Å². The van der Waals surface area contributed by atoms with Crippen LogP contribution in [0.5, 0.6) is 0 Å². The maximum absolute atomic E-state index is 6.04. The topological polar surface area (TPSA) is 12.9 Å². The van der Waals surface area contributed by atoms with E-state index in [0.717, 1.165) is 17.3 Å². The summed E-state index contributed by atoms with van der Waals surface area (Å²) < 4.78 is 1.12. The second-order valence-corrected chi connectivity index (χ2v) is 6.22. The van der Waals surface area contributed by atoms with Gasteiger partial charge < -0.3 is 0 Å². The summed E-state index contributed by atoms with van der Waals surface area (Å²) in [5.74, 6) is 1.17. The molecule has 1 aromatic carbocycles. The summed E-state index contributed by atoms with van der Waals surface area (Å²) in [5, 5.41) is 0. The summed E-state index contributed by atoms with van der Waals surface area (Å²) in [6.07, 6.45) is 3.98. The van der Waals surface area contributed by atoms with Gasteiger partial charge in [-0.15, -0.1) is 22.9 Å². The van der Waals surface area contributed by atoms with Gasteiger partial charge in [0.05, 0.1) is 5.51 Å². The highest BCUT2D eigenvalue weighted by atomic mass is 79.9. The first-order valence-electron chi connectivity index (χ1n) is 5.45. The normalized spacial score (nSPS) is 12.6. The van der Waals surface area contributed by atoms with E-state index in [2.05, 4.69) is 45.2 Å². The second kappa shape index (κ2) is 6.53. The van der Waals surface area contributed by atoms with Crippen molar-refractivity contribution in [3.63, 3.8) is 0 Å². The molecule has 0 N–H and O–H groups in total. The van der Waals surface area contributed by atoms with Crippen molar-refractivity contribution in [1.29, 1.82) is 0 Å². The largest absolute Gasteiger partial charge is 0.253 e. The van der Waals surface area contributed by atoms with Gasteiger partial charge in [-0.05, 0) is 36.5 Å². The number of hydrogen-bond acceptors (Lipinski definition) is 2. The van der Waals surface area contributed by atoms with Gasteiger partial charge in [-0.2, -0.15) is 0 Å². The molecule has 0 saturated heterocycles. The molecule has 0 spiro atoms. The number of benzene rings is 1. The third-order valence-electron chi connectivity index (χ3n) is 2.63. The molecule has 1 heterocycles. The van der Waals surface area contributed by atoms with Gasteiger partial charge >= 0.3 is 0 Å². The molecule has 0 aliphatic heterocycles. The molecule has 0 radical (unpaired) electrons. The van der Waals surface area contributed by atoms with Gasteiger partial charge in [0.15, 0.2) is 0 Å². The van der Waals surface area contributed by atoms with E-state index in [1.54, 1.807) is 11.3 Å². The molecule has 0 aliphatic rings. The van der Waals surface area contributed by atoms with E-state index in [1.165, 1.54) is 10.4 Å². The molecule has 90 valence electrons. The highest BCUT2D eigenvalue weighted by molar-refractivity contribution is 9.10. The molecule has 0 aliphatic carbocycles. The molecular weight excluding hydrogens is 318 g/mol. The van der Waals surface area contributed by atoms with Crippen LogP contribution in [0.1, 0.15) is 10.4 Å². The lowest BCUT2D eigenvalue weighted by atomic mass is 9.97. The number of rotatable bonds is 5. The zero-order valence-corrected chi connectivity index (χ0v) is 12.4. The van der Waals surface area contributed by atoms with E-state index in [1.807, 2.05) is 11.7 Å². The van der Waals surface area contributed by atoms with Crippen LogP contribution in [0.15, 0.2) is 40.4 Å². The lowest BCUT2D eigenvalue weighted by molar-refractivity contribution is 0.588. The molecular formula is C13H13BrClNS. The number of nitrogens with zero attached hydrogens (tertiary/aromatic N) is 1. The quantitative estimate of drug-likeness (QED) is 0.733. The molecule has 1 nitrogen and oxygen atoms in total. The average molecular weight is 331 g/mol. The SMILES string of the molecule is ClCC(Cc1ccc(Br)cc1)Cc1cncs1. The van der Waals surface area contributed by atoms with Crippen LogP contribution in [0.4, 0.5) is 0 Å². The number of aromatic nitrogens is 1. The zero-order valence-electron chi connectivity index (χ0n) is 9.27. The van der Waals surface area contributed by atoms with Crippen molar-refractivity contribution in [2.45, 2.75) is 12.8 Å². The van der Waals surface area contributed by atoms with Crippen molar-refractivity contribution in [2.24, 2.45) is 5.92 Å². The minimum atomic E-state index is 0.485. The molecule has 0 fully saturated rings. The Hall–Kier alpha value is -0.380. The zero-order chi connectivity index (χ0) is 12.1. The molecule has 17 heavy (non-hydrogen) atoms. The Morgan fingerprint density at radius 2 is 2.00 bits per heavy atom. The Morgan fingerprint density at radius 3 is 2.59 bits per heavy atom. The summed E-state index contributed by atoms with van der Waals surface area (Å²) in [6, 6.07) is 8.45. The first-order valence-corrected chi connectivity index (χ1v) is 7.66. The Morgan fingerprint density at radius 1 is 1.24 bits per heavy atom. The van der Waals surface area contributed by atoms with E-state index in [-0.39, 0.29) is 0 Å². The molecule has 1 unspecified atom stereocenters. The first-order chi connectivity index (χ1) is 8.28. The third-order valence-corrected chi connectivity index (χ3v) is 4.40. The summed E-state index contributed by atoms with van der Waals surface area (Å²) >= 11 is 11.2. The van der Waals surface area contributed by atoms with Crippen LogP contribution in [-0.4, -0.2) is 10.9 Å². The van der Waals surface area contributed by atoms with Crippen molar-refractivity contribution in [3.8, 4) is 0 Å². The number of thiazole rings is 1. The molecule has 2 aromatic rings. The summed E-state index contributed by atoms with van der Waals surface area (Å²) in [6.45, 7) is 0. The first kappa shape index (κ1) is 13.1. The second-order valence-electron chi connectivity index (χ2n) is 4.02. The Kier molecular flexibility index (Phi) is 5.01. The van der Waals surface area contributed by atoms with Gasteiger partial charge in [-0.1, -0.05) is 28.1 Å². The van der Waals surface area contributed by atoms with E-state index >= 15 is 0 Å². The van der Waals surface area contributed by atoms with Crippen LogP contribution in [-0.2, 0) is 12.8 Å². The van der Waals surface area contributed by atoms with Gasteiger partial charge in [0.1, 0.15) is 0 Å². The van der Waals surface area contributed by atoms with E-state index < -0.39 is 0 Å². The lowest BCUT2D eigenvalue weighted by Gasteiger charge is -2.12. The van der Waals surface area contributed by atoms with Crippen molar-refractivity contribution in [1.82, 2.24) is 4.98 Å². The van der Waals surface area contributed by atoms with E-state index in [9.17, 15) is 0 Å². The smallest absolute Gasteiger partial charge is 0.0794 e. The van der Waals surface area contributed by atoms with Crippen LogP contribution < -0.4 is 0 Å². The number of alkyl halides is 1. The highest BCUT2D eigenvalue weighted by Crippen LogP contribution is 2.19. The van der Waals surface area contributed by atoms with Gasteiger partial charge in [0.25, 0.3) is 0 Å². The summed E-state index contributed by atoms with van der Waals surface area (Å²) in [5.41, 5.74) is 3.21. The predicted octanol–water partition coefficient (Wildman–Crippen LogP) is 4.55. The molecule has 2 rings (SSSR count).